The molecule has 0 fully saturated rings. The van der Waals surface area contributed by atoms with Crippen molar-refractivity contribution in [2.75, 3.05) is 27.2 Å². The number of alkyl halides is 2. The fourth-order valence-electron chi connectivity index (χ4n) is 3.14. The Labute approximate surface area is 180 Å². The minimum absolute atomic E-state index is 0.0406. The van der Waals surface area contributed by atoms with Crippen LogP contribution in [-0.2, 0) is 11.3 Å². The van der Waals surface area contributed by atoms with Crippen LogP contribution in [0.15, 0.2) is 53.5 Å². The molecule has 2 aromatic carbocycles. The number of nitrogens with one attached hydrogen (secondary N) is 2. The fraction of sp³-hybridized carbons (Fsp3) is 0.364. The van der Waals surface area contributed by atoms with E-state index in [1.54, 1.807) is 32.3 Å². The highest BCUT2D eigenvalue weighted by molar-refractivity contribution is 5.86. The van der Waals surface area contributed by atoms with Gasteiger partial charge in [-0.05, 0) is 12.1 Å². The van der Waals surface area contributed by atoms with E-state index in [2.05, 4.69) is 20.4 Å². The lowest BCUT2D eigenvalue weighted by Crippen LogP contribution is -2.45. The van der Waals surface area contributed by atoms with Gasteiger partial charge in [0.25, 0.3) is 0 Å². The molecule has 0 aliphatic carbocycles. The molecule has 1 unspecified atom stereocenters. The van der Waals surface area contributed by atoms with Gasteiger partial charge in [-0.15, -0.1) is 0 Å². The van der Waals surface area contributed by atoms with E-state index in [4.69, 9.17) is 4.74 Å². The van der Waals surface area contributed by atoms with Gasteiger partial charge in [-0.1, -0.05) is 36.4 Å². The summed E-state index contributed by atoms with van der Waals surface area (Å²) in [4.78, 5) is 18.0. The molecule has 0 saturated heterocycles. The van der Waals surface area contributed by atoms with E-state index in [-0.39, 0.29) is 30.8 Å². The van der Waals surface area contributed by atoms with Gasteiger partial charge in [0.1, 0.15) is 11.5 Å². The molecule has 0 bridgehead atoms. The maximum atomic E-state index is 12.7. The molecule has 1 aliphatic heterocycles. The monoisotopic (exact) mass is 432 g/mol. The summed E-state index contributed by atoms with van der Waals surface area (Å²) in [6.07, 6.45) is 0.713. The van der Waals surface area contributed by atoms with Crippen LogP contribution in [0.3, 0.4) is 0 Å². The lowest BCUT2D eigenvalue weighted by molar-refractivity contribution is -0.127. The SMILES string of the molecule is CN(C)C(=O)CNC(=NCc1ccccc1OC(F)F)NC1CCOc2ccccc21. The van der Waals surface area contributed by atoms with Crippen LogP contribution in [0.25, 0.3) is 0 Å². The number of ether oxygens (including phenoxy) is 2. The molecule has 0 radical (unpaired) electrons. The lowest BCUT2D eigenvalue weighted by Gasteiger charge is -2.28. The smallest absolute Gasteiger partial charge is 0.387 e. The minimum Gasteiger partial charge on any atom is -0.493 e. The normalized spacial score (nSPS) is 15.6. The molecule has 1 atom stereocenters. The van der Waals surface area contributed by atoms with E-state index >= 15 is 0 Å². The summed E-state index contributed by atoms with van der Waals surface area (Å²) in [5, 5.41) is 6.36. The van der Waals surface area contributed by atoms with Gasteiger partial charge in [-0.25, -0.2) is 4.99 Å². The molecule has 9 heteroatoms. The topological polar surface area (TPSA) is 75.2 Å². The van der Waals surface area contributed by atoms with E-state index in [1.165, 1.54) is 11.0 Å². The second kappa shape index (κ2) is 10.6. The van der Waals surface area contributed by atoms with Crippen molar-refractivity contribution < 1.29 is 23.0 Å². The van der Waals surface area contributed by atoms with Crippen LogP contribution >= 0.6 is 0 Å². The third kappa shape index (κ3) is 6.31. The van der Waals surface area contributed by atoms with E-state index in [0.717, 1.165) is 11.3 Å². The van der Waals surface area contributed by atoms with Crippen molar-refractivity contribution in [1.29, 1.82) is 0 Å². The zero-order valence-electron chi connectivity index (χ0n) is 17.5. The number of rotatable bonds is 7. The molecule has 31 heavy (non-hydrogen) atoms. The number of nitrogens with zero attached hydrogens (tertiary/aromatic N) is 2. The average molecular weight is 432 g/mol. The summed E-state index contributed by atoms with van der Waals surface area (Å²) in [6.45, 7) is -2.24. The second-order valence-corrected chi connectivity index (χ2v) is 7.16. The zero-order valence-corrected chi connectivity index (χ0v) is 17.5. The summed E-state index contributed by atoms with van der Waals surface area (Å²) < 4.78 is 35.7. The van der Waals surface area contributed by atoms with Crippen LogP contribution in [0.2, 0.25) is 0 Å². The third-order valence-corrected chi connectivity index (χ3v) is 4.77. The maximum Gasteiger partial charge on any atom is 0.387 e. The van der Waals surface area contributed by atoms with Gasteiger partial charge < -0.3 is 25.0 Å². The van der Waals surface area contributed by atoms with Gasteiger partial charge in [0.2, 0.25) is 5.91 Å². The first-order valence-electron chi connectivity index (χ1n) is 9.93. The number of hydrogen-bond acceptors (Lipinski definition) is 4. The molecule has 1 aliphatic rings. The summed E-state index contributed by atoms with van der Waals surface area (Å²) in [5.74, 6) is 1.14. The van der Waals surface area contributed by atoms with Crippen molar-refractivity contribution in [2.24, 2.45) is 4.99 Å². The zero-order chi connectivity index (χ0) is 22.2. The Morgan fingerprint density at radius 3 is 2.74 bits per heavy atom. The van der Waals surface area contributed by atoms with Gasteiger partial charge in [0.15, 0.2) is 5.96 Å². The number of guanidine groups is 1. The molecule has 1 amide bonds. The molecule has 2 aromatic rings. The van der Waals surface area contributed by atoms with Crippen molar-refractivity contribution in [3.63, 3.8) is 0 Å². The number of fused-ring (bicyclic) bond motifs is 1. The Bertz CT molecular complexity index is 921. The quantitative estimate of drug-likeness (QED) is 0.520. The highest BCUT2D eigenvalue weighted by atomic mass is 19.3. The van der Waals surface area contributed by atoms with Crippen LogP contribution in [0.1, 0.15) is 23.6 Å². The molecule has 1 heterocycles. The molecule has 2 N–H and O–H groups in total. The number of carbonyl (C=O) groups excluding carboxylic acids is 1. The van der Waals surface area contributed by atoms with E-state index in [0.29, 0.717) is 24.6 Å². The largest absolute Gasteiger partial charge is 0.493 e. The van der Waals surface area contributed by atoms with Gasteiger partial charge in [-0.2, -0.15) is 8.78 Å². The van der Waals surface area contributed by atoms with E-state index in [9.17, 15) is 13.6 Å². The van der Waals surface area contributed by atoms with Crippen molar-refractivity contribution >= 4 is 11.9 Å². The Hall–Kier alpha value is -3.36. The molecular weight excluding hydrogens is 406 g/mol. The van der Waals surface area contributed by atoms with Gasteiger partial charge in [-0.3, -0.25) is 4.79 Å². The van der Waals surface area contributed by atoms with E-state index in [1.807, 2.05) is 24.3 Å². The maximum absolute atomic E-state index is 12.7. The standard InChI is InChI=1S/C22H26F2N4O3/c1-28(2)20(29)14-26-22(25-13-15-7-3-5-9-18(15)31-21(23)24)27-17-11-12-30-19-10-6-4-8-16(17)19/h3-10,17,21H,11-14H2,1-2H3,(H2,25,26,27). The molecule has 3 rings (SSSR count). The van der Waals surface area contributed by atoms with Crippen LogP contribution in [0, 0.1) is 0 Å². The number of halogens is 2. The first kappa shape index (κ1) is 22.3. The predicted molar refractivity (Wildman–Crippen MR) is 113 cm³/mol. The van der Waals surface area contributed by atoms with Crippen LogP contribution in [-0.4, -0.2) is 50.6 Å². The number of aliphatic imine (C=N–C) groups is 1. The lowest BCUT2D eigenvalue weighted by atomic mass is 10.0. The predicted octanol–water partition coefficient (Wildman–Crippen LogP) is 2.94. The molecule has 0 aromatic heterocycles. The van der Waals surface area contributed by atoms with Crippen molar-refractivity contribution in [1.82, 2.24) is 15.5 Å². The molecule has 0 saturated carbocycles. The number of hydrogen-bond donors (Lipinski definition) is 2. The first-order valence-corrected chi connectivity index (χ1v) is 9.93. The summed E-state index contributed by atoms with van der Waals surface area (Å²) in [5.41, 5.74) is 1.50. The number of likely N-dealkylation sites (N-methyl/N-ethyl adjacent to an activating group) is 1. The van der Waals surface area contributed by atoms with Crippen LogP contribution in [0.4, 0.5) is 8.78 Å². The van der Waals surface area contributed by atoms with Crippen molar-refractivity contribution in [3.05, 3.63) is 59.7 Å². The Kier molecular flexibility index (Phi) is 7.64. The van der Waals surface area contributed by atoms with Gasteiger partial charge in [0, 0.05) is 31.6 Å². The highest BCUT2D eigenvalue weighted by Crippen LogP contribution is 2.31. The summed E-state index contributed by atoms with van der Waals surface area (Å²) in [6, 6.07) is 14.1. The van der Waals surface area contributed by atoms with Crippen LogP contribution < -0.4 is 20.1 Å². The van der Waals surface area contributed by atoms with Crippen molar-refractivity contribution in [2.45, 2.75) is 25.6 Å². The van der Waals surface area contributed by atoms with Crippen LogP contribution in [0.5, 0.6) is 11.5 Å². The Morgan fingerprint density at radius 2 is 1.97 bits per heavy atom. The second-order valence-electron chi connectivity index (χ2n) is 7.16. The Balaban J connectivity index is 1.79. The highest BCUT2D eigenvalue weighted by Gasteiger charge is 2.22. The molecule has 0 spiro atoms. The summed E-state index contributed by atoms with van der Waals surface area (Å²) in [7, 11) is 3.34. The average Bonchev–Trinajstić information content (AvgIpc) is 2.76. The third-order valence-electron chi connectivity index (χ3n) is 4.77. The fourth-order valence-corrected chi connectivity index (χ4v) is 3.14. The van der Waals surface area contributed by atoms with Crippen molar-refractivity contribution in [3.8, 4) is 11.5 Å². The summed E-state index contributed by atoms with van der Waals surface area (Å²) >= 11 is 0. The minimum atomic E-state index is -2.92. The number of benzene rings is 2. The molecule has 7 nitrogen and oxygen atoms in total. The van der Waals surface area contributed by atoms with Gasteiger partial charge >= 0.3 is 6.61 Å². The number of para-hydroxylation sites is 2. The van der Waals surface area contributed by atoms with Gasteiger partial charge in [0.05, 0.1) is 25.7 Å². The Morgan fingerprint density at radius 1 is 1.23 bits per heavy atom. The molecular formula is C22H26F2N4O3. The van der Waals surface area contributed by atoms with E-state index < -0.39 is 6.61 Å². The number of carbonyl (C=O) groups is 1. The number of amides is 1. The first-order chi connectivity index (χ1) is 14.9. The molecule has 166 valence electrons.